The maximum absolute atomic E-state index is 13.2. The van der Waals surface area contributed by atoms with Crippen LogP contribution in [0.4, 0.5) is 13.2 Å². The Balaban J connectivity index is 1.42. The molecule has 2 fully saturated rings. The van der Waals surface area contributed by atoms with Crippen molar-refractivity contribution in [1.29, 1.82) is 0 Å². The molecule has 1 saturated carbocycles. The van der Waals surface area contributed by atoms with E-state index >= 15 is 0 Å². The molecule has 6 rings (SSSR count). The van der Waals surface area contributed by atoms with Crippen LogP contribution >= 0.6 is 23.2 Å². The SMILES string of the molecule is O=S(=O)(N1CCC(n2c(C3CCC3)nc3ccc(C(c4ccc(Cl)cc4)c4ccc(Cl)cc4)cc32)CC1)C(F)(F)F. The van der Waals surface area contributed by atoms with Gasteiger partial charge in [0.25, 0.3) is 0 Å². The highest BCUT2D eigenvalue weighted by Crippen LogP contribution is 2.42. The predicted molar refractivity (Wildman–Crippen MR) is 155 cm³/mol. The van der Waals surface area contributed by atoms with E-state index in [0.717, 1.165) is 52.8 Å². The van der Waals surface area contributed by atoms with Gasteiger partial charge in [0.1, 0.15) is 5.82 Å². The molecule has 0 radical (unpaired) electrons. The molecule has 3 aromatic carbocycles. The summed E-state index contributed by atoms with van der Waals surface area (Å²) >= 11 is 12.4. The summed E-state index contributed by atoms with van der Waals surface area (Å²) in [6, 6.07) is 21.5. The van der Waals surface area contributed by atoms with Gasteiger partial charge in [-0.05, 0) is 78.8 Å². The molecule has 2 aliphatic rings. The molecule has 1 saturated heterocycles. The van der Waals surface area contributed by atoms with Crippen LogP contribution < -0.4 is 0 Å². The van der Waals surface area contributed by atoms with Gasteiger partial charge < -0.3 is 4.57 Å². The van der Waals surface area contributed by atoms with Crippen LogP contribution in [-0.2, 0) is 10.0 Å². The Bertz CT molecular complexity index is 1610. The summed E-state index contributed by atoms with van der Waals surface area (Å²) in [6.07, 6.45) is 3.69. The normalized spacial score (nSPS) is 17.8. The van der Waals surface area contributed by atoms with Crippen molar-refractivity contribution in [3.05, 3.63) is 99.3 Å². The molecule has 4 aromatic rings. The molecule has 11 heteroatoms. The van der Waals surface area contributed by atoms with Crippen LogP contribution in [0.25, 0.3) is 11.0 Å². The minimum absolute atomic E-state index is 0.122. The van der Waals surface area contributed by atoms with Crippen LogP contribution in [0.1, 0.15) is 72.5 Å². The van der Waals surface area contributed by atoms with E-state index in [1.54, 1.807) is 0 Å². The molecule has 41 heavy (non-hydrogen) atoms. The summed E-state index contributed by atoms with van der Waals surface area (Å²) in [6.45, 7) is -0.373. The molecular weight excluding hydrogens is 594 g/mol. The molecule has 2 heterocycles. The molecule has 1 aromatic heterocycles. The van der Waals surface area contributed by atoms with Gasteiger partial charge in [0.15, 0.2) is 0 Å². The Morgan fingerprint density at radius 1 is 0.805 bits per heavy atom. The van der Waals surface area contributed by atoms with Gasteiger partial charge in [-0.2, -0.15) is 17.5 Å². The summed E-state index contributed by atoms with van der Waals surface area (Å²) in [5.74, 6) is 1.10. The fourth-order valence-electron chi connectivity index (χ4n) is 6.02. The topological polar surface area (TPSA) is 55.2 Å². The number of fused-ring (bicyclic) bond motifs is 1. The van der Waals surface area contributed by atoms with Gasteiger partial charge in [-0.1, -0.05) is 60.0 Å². The summed E-state index contributed by atoms with van der Waals surface area (Å²) < 4.78 is 66.4. The molecule has 0 bridgehead atoms. The van der Waals surface area contributed by atoms with E-state index in [1.807, 2.05) is 54.6 Å². The van der Waals surface area contributed by atoms with Gasteiger partial charge in [0, 0.05) is 41.0 Å². The van der Waals surface area contributed by atoms with Crippen molar-refractivity contribution < 1.29 is 21.6 Å². The largest absolute Gasteiger partial charge is 0.511 e. The van der Waals surface area contributed by atoms with Gasteiger partial charge >= 0.3 is 15.5 Å². The lowest BCUT2D eigenvalue weighted by Crippen LogP contribution is -2.45. The number of hydrogen-bond acceptors (Lipinski definition) is 3. The van der Waals surface area contributed by atoms with Gasteiger partial charge in [0.05, 0.1) is 11.0 Å². The average Bonchev–Trinajstić information content (AvgIpc) is 3.27. The first-order chi connectivity index (χ1) is 19.5. The van der Waals surface area contributed by atoms with Crippen molar-refractivity contribution in [2.24, 2.45) is 0 Å². The Hall–Kier alpha value is -2.59. The molecule has 0 unspecified atom stereocenters. The summed E-state index contributed by atoms with van der Waals surface area (Å²) in [5, 5.41) is 1.28. The lowest BCUT2D eigenvalue weighted by molar-refractivity contribution is -0.0496. The number of aromatic nitrogens is 2. The first-order valence-electron chi connectivity index (χ1n) is 13.6. The minimum Gasteiger partial charge on any atom is -0.325 e. The molecule has 0 N–H and O–H groups in total. The molecular formula is C30H28Cl2F3N3O2S. The van der Waals surface area contributed by atoms with Crippen molar-refractivity contribution in [3.63, 3.8) is 0 Å². The Morgan fingerprint density at radius 3 is 1.83 bits per heavy atom. The lowest BCUT2D eigenvalue weighted by Gasteiger charge is -2.35. The third-order valence-corrected chi connectivity index (χ3v) is 10.5. The highest BCUT2D eigenvalue weighted by atomic mass is 35.5. The standard InChI is InChI=1S/C30H28Cl2F3N3O2S/c31-23-9-4-19(5-10-23)28(20-6-11-24(32)12-7-20)22-8-13-26-27(18-22)38(29(36-26)21-2-1-3-21)25-14-16-37(17-15-25)41(39,40)30(33,34)35/h4-13,18,21,25,28H,1-3,14-17H2. The second-order valence-electron chi connectivity index (χ2n) is 10.8. The molecule has 1 aliphatic carbocycles. The number of piperidine rings is 1. The number of benzene rings is 3. The van der Waals surface area contributed by atoms with Crippen molar-refractivity contribution in [3.8, 4) is 0 Å². The predicted octanol–water partition coefficient (Wildman–Crippen LogP) is 8.28. The van der Waals surface area contributed by atoms with E-state index in [-0.39, 0.29) is 43.8 Å². The molecule has 1 aliphatic heterocycles. The van der Waals surface area contributed by atoms with Crippen molar-refractivity contribution in [2.75, 3.05) is 13.1 Å². The van der Waals surface area contributed by atoms with E-state index in [2.05, 4.69) is 16.7 Å². The van der Waals surface area contributed by atoms with Crippen molar-refractivity contribution >= 4 is 44.3 Å². The van der Waals surface area contributed by atoms with Gasteiger partial charge in [-0.25, -0.2) is 13.4 Å². The van der Waals surface area contributed by atoms with E-state index < -0.39 is 15.5 Å². The zero-order valence-corrected chi connectivity index (χ0v) is 24.3. The Labute approximate surface area is 246 Å². The number of alkyl halides is 3. The quantitative estimate of drug-likeness (QED) is 0.204. The molecule has 0 spiro atoms. The van der Waals surface area contributed by atoms with Crippen LogP contribution in [0.3, 0.4) is 0 Å². The minimum atomic E-state index is -5.35. The lowest BCUT2D eigenvalue weighted by atomic mass is 9.84. The summed E-state index contributed by atoms with van der Waals surface area (Å²) in [4.78, 5) is 5.00. The van der Waals surface area contributed by atoms with Crippen LogP contribution in [0.2, 0.25) is 10.0 Å². The van der Waals surface area contributed by atoms with Crippen LogP contribution in [0.5, 0.6) is 0 Å². The van der Waals surface area contributed by atoms with E-state index in [0.29, 0.717) is 14.4 Å². The highest BCUT2D eigenvalue weighted by molar-refractivity contribution is 7.90. The van der Waals surface area contributed by atoms with Gasteiger partial charge in [-0.15, -0.1) is 0 Å². The second-order valence-corrected chi connectivity index (χ2v) is 13.6. The highest BCUT2D eigenvalue weighted by Gasteiger charge is 2.50. The van der Waals surface area contributed by atoms with Crippen LogP contribution in [0, 0.1) is 0 Å². The first kappa shape index (κ1) is 28.5. The summed E-state index contributed by atoms with van der Waals surface area (Å²) in [7, 11) is -5.35. The molecule has 0 amide bonds. The van der Waals surface area contributed by atoms with Gasteiger partial charge in [0.2, 0.25) is 0 Å². The first-order valence-corrected chi connectivity index (χ1v) is 15.8. The Kier molecular flexibility index (Phi) is 7.59. The van der Waals surface area contributed by atoms with E-state index in [9.17, 15) is 21.6 Å². The number of sulfonamides is 1. The van der Waals surface area contributed by atoms with Gasteiger partial charge in [-0.3, -0.25) is 0 Å². The van der Waals surface area contributed by atoms with E-state index in [1.165, 1.54) is 0 Å². The fourth-order valence-corrected chi connectivity index (χ4v) is 7.26. The fraction of sp³-hybridized carbons (Fsp3) is 0.367. The number of nitrogens with zero attached hydrogens (tertiary/aromatic N) is 3. The van der Waals surface area contributed by atoms with E-state index in [4.69, 9.17) is 28.2 Å². The third kappa shape index (κ3) is 5.38. The number of imidazole rings is 1. The maximum Gasteiger partial charge on any atom is 0.511 e. The Morgan fingerprint density at radius 2 is 1.34 bits per heavy atom. The maximum atomic E-state index is 13.2. The zero-order valence-electron chi connectivity index (χ0n) is 22.0. The average molecular weight is 623 g/mol. The number of rotatable bonds is 6. The van der Waals surface area contributed by atoms with Crippen molar-refractivity contribution in [2.45, 2.75) is 55.5 Å². The smallest absolute Gasteiger partial charge is 0.325 e. The zero-order chi connectivity index (χ0) is 28.9. The van der Waals surface area contributed by atoms with Crippen molar-refractivity contribution in [1.82, 2.24) is 13.9 Å². The molecule has 0 atom stereocenters. The van der Waals surface area contributed by atoms with Crippen LogP contribution in [-0.4, -0.2) is 40.9 Å². The monoisotopic (exact) mass is 621 g/mol. The number of halogens is 5. The second kappa shape index (κ2) is 10.9. The van der Waals surface area contributed by atoms with Crippen LogP contribution in [0.15, 0.2) is 66.7 Å². The third-order valence-electron chi connectivity index (χ3n) is 8.37. The molecule has 5 nitrogen and oxygen atoms in total. The summed E-state index contributed by atoms with van der Waals surface area (Å²) in [5.41, 5.74) is -0.438. The number of hydrogen-bond donors (Lipinski definition) is 0. The molecule has 216 valence electrons.